The highest BCUT2D eigenvalue weighted by Crippen LogP contribution is 2.19. The van der Waals surface area contributed by atoms with Crippen molar-refractivity contribution in [2.45, 2.75) is 24.1 Å². The van der Waals surface area contributed by atoms with Crippen LogP contribution in [0.5, 0.6) is 0 Å². The van der Waals surface area contributed by atoms with Crippen LogP contribution in [0, 0.1) is 0 Å². The zero-order valence-corrected chi connectivity index (χ0v) is 10.3. The second kappa shape index (κ2) is 7.52. The summed E-state index contributed by atoms with van der Waals surface area (Å²) in [7, 11) is 0. The Kier molecular flexibility index (Phi) is 6.31. The van der Waals surface area contributed by atoms with Crippen LogP contribution >= 0.6 is 11.8 Å². The number of hydrogen-bond acceptors (Lipinski definition) is 5. The Morgan fingerprint density at radius 1 is 1.41 bits per heavy atom. The van der Waals surface area contributed by atoms with Crippen molar-refractivity contribution in [2.75, 3.05) is 25.4 Å². The summed E-state index contributed by atoms with van der Waals surface area (Å²) in [5, 5.41) is 23.4. The summed E-state index contributed by atoms with van der Waals surface area (Å²) in [6, 6.07) is -1.20. The lowest BCUT2D eigenvalue weighted by Gasteiger charge is -2.22. The van der Waals surface area contributed by atoms with Gasteiger partial charge in [0, 0.05) is 5.25 Å². The highest BCUT2D eigenvalue weighted by Gasteiger charge is 2.20. The van der Waals surface area contributed by atoms with Crippen LogP contribution in [0.25, 0.3) is 0 Å². The summed E-state index contributed by atoms with van der Waals surface area (Å²) >= 11 is 1.54. The minimum atomic E-state index is -1.22. The molecule has 1 amide bonds. The molecular formula is C10H18N2O4S. The Labute approximate surface area is 104 Å². The van der Waals surface area contributed by atoms with Gasteiger partial charge in [0.1, 0.15) is 6.04 Å². The molecule has 0 radical (unpaired) electrons. The predicted octanol–water partition coefficient (Wildman–Crippen LogP) is -0.967. The van der Waals surface area contributed by atoms with Crippen molar-refractivity contribution in [3.05, 3.63) is 0 Å². The maximum Gasteiger partial charge on any atom is 0.328 e. The van der Waals surface area contributed by atoms with Gasteiger partial charge in [-0.2, -0.15) is 0 Å². The van der Waals surface area contributed by atoms with Gasteiger partial charge < -0.3 is 20.8 Å². The lowest BCUT2D eigenvalue weighted by atomic mass is 10.2. The maximum absolute atomic E-state index is 11.4. The molecule has 7 heteroatoms. The molecule has 0 bridgehead atoms. The molecule has 1 rings (SSSR count). The van der Waals surface area contributed by atoms with Crippen LogP contribution in [0.3, 0.4) is 0 Å². The number of thioether (sulfide) groups is 1. The lowest BCUT2D eigenvalue weighted by molar-refractivity contribution is -0.142. The highest BCUT2D eigenvalue weighted by molar-refractivity contribution is 8.00. The van der Waals surface area contributed by atoms with E-state index >= 15 is 0 Å². The van der Waals surface area contributed by atoms with Gasteiger partial charge in [0.05, 0.1) is 12.4 Å². The van der Waals surface area contributed by atoms with Crippen LogP contribution in [-0.4, -0.2) is 58.8 Å². The van der Waals surface area contributed by atoms with Crippen molar-refractivity contribution in [3.63, 3.8) is 0 Å². The van der Waals surface area contributed by atoms with Crippen LogP contribution in [0.15, 0.2) is 0 Å². The topological polar surface area (TPSA) is 98.7 Å². The fourth-order valence-electron chi connectivity index (χ4n) is 1.58. The van der Waals surface area contributed by atoms with Gasteiger partial charge in [-0.05, 0) is 25.9 Å². The molecule has 0 saturated carbocycles. The Morgan fingerprint density at radius 3 is 2.59 bits per heavy atom. The molecule has 98 valence electrons. The number of aliphatic carboxylic acids is 1. The molecule has 17 heavy (non-hydrogen) atoms. The summed E-state index contributed by atoms with van der Waals surface area (Å²) in [4.78, 5) is 22.0. The number of carboxylic acid groups (broad SMARTS) is 1. The molecular weight excluding hydrogens is 244 g/mol. The van der Waals surface area contributed by atoms with E-state index < -0.39 is 18.6 Å². The van der Waals surface area contributed by atoms with Crippen molar-refractivity contribution in [1.82, 2.24) is 10.6 Å². The van der Waals surface area contributed by atoms with Gasteiger partial charge in [0.15, 0.2) is 0 Å². The summed E-state index contributed by atoms with van der Waals surface area (Å²) in [6.45, 7) is 1.35. The van der Waals surface area contributed by atoms with Crippen molar-refractivity contribution in [3.8, 4) is 0 Å². The van der Waals surface area contributed by atoms with Crippen molar-refractivity contribution in [2.24, 2.45) is 0 Å². The zero-order valence-electron chi connectivity index (χ0n) is 9.52. The predicted molar refractivity (Wildman–Crippen MR) is 65.0 cm³/mol. The molecule has 1 unspecified atom stereocenters. The van der Waals surface area contributed by atoms with Crippen LogP contribution in [-0.2, 0) is 9.59 Å². The van der Waals surface area contributed by atoms with Gasteiger partial charge in [-0.25, -0.2) is 4.79 Å². The largest absolute Gasteiger partial charge is 0.480 e. The first kappa shape index (κ1) is 14.3. The number of rotatable bonds is 6. The smallest absolute Gasteiger partial charge is 0.328 e. The third-order valence-corrected chi connectivity index (χ3v) is 3.92. The van der Waals surface area contributed by atoms with Crippen molar-refractivity contribution in [1.29, 1.82) is 0 Å². The SMILES string of the molecule is O=C(CSC1CCNCC1)NC(CO)C(=O)O. The third kappa shape index (κ3) is 5.38. The van der Waals surface area contributed by atoms with E-state index in [-0.39, 0.29) is 11.7 Å². The Hall–Kier alpha value is -0.790. The fourth-order valence-corrected chi connectivity index (χ4v) is 2.62. The van der Waals surface area contributed by atoms with Gasteiger partial charge >= 0.3 is 5.97 Å². The highest BCUT2D eigenvalue weighted by atomic mass is 32.2. The van der Waals surface area contributed by atoms with Gasteiger partial charge in [0.2, 0.25) is 5.91 Å². The Morgan fingerprint density at radius 2 is 2.06 bits per heavy atom. The van der Waals surface area contributed by atoms with Gasteiger partial charge in [-0.3, -0.25) is 4.79 Å². The first-order valence-electron chi connectivity index (χ1n) is 5.59. The second-order valence-electron chi connectivity index (χ2n) is 3.90. The van der Waals surface area contributed by atoms with E-state index in [2.05, 4.69) is 10.6 Å². The number of nitrogens with one attached hydrogen (secondary N) is 2. The standard InChI is InChI=1S/C10H18N2O4S/c13-5-8(10(15)16)12-9(14)6-17-7-1-3-11-4-2-7/h7-8,11,13H,1-6H2,(H,12,14)(H,15,16). The molecule has 1 saturated heterocycles. The van der Waals surface area contributed by atoms with E-state index in [1.165, 1.54) is 0 Å². The summed E-state index contributed by atoms with van der Waals surface area (Å²) in [5.41, 5.74) is 0. The lowest BCUT2D eigenvalue weighted by Crippen LogP contribution is -2.44. The molecule has 1 fully saturated rings. The van der Waals surface area contributed by atoms with Crippen LogP contribution < -0.4 is 10.6 Å². The third-order valence-electron chi connectivity index (χ3n) is 2.55. The number of hydrogen-bond donors (Lipinski definition) is 4. The average Bonchev–Trinajstić information content (AvgIpc) is 2.34. The van der Waals surface area contributed by atoms with E-state index in [0.717, 1.165) is 25.9 Å². The van der Waals surface area contributed by atoms with Crippen LogP contribution in [0.1, 0.15) is 12.8 Å². The number of carboxylic acids is 1. The molecule has 0 aromatic carbocycles. The van der Waals surface area contributed by atoms with E-state index in [0.29, 0.717) is 5.25 Å². The Bertz CT molecular complexity index is 269. The number of carbonyl (C=O) groups excluding carboxylic acids is 1. The molecule has 0 spiro atoms. The van der Waals surface area contributed by atoms with Crippen molar-refractivity contribution < 1.29 is 19.8 Å². The first-order valence-corrected chi connectivity index (χ1v) is 6.63. The Balaban J connectivity index is 2.21. The molecule has 4 N–H and O–H groups in total. The quantitative estimate of drug-likeness (QED) is 0.492. The molecule has 0 aliphatic carbocycles. The van der Waals surface area contributed by atoms with Gasteiger partial charge in [-0.1, -0.05) is 0 Å². The average molecular weight is 262 g/mol. The van der Waals surface area contributed by atoms with E-state index in [1.807, 2.05) is 0 Å². The second-order valence-corrected chi connectivity index (χ2v) is 5.19. The maximum atomic E-state index is 11.4. The molecule has 0 aromatic heterocycles. The molecule has 1 atom stereocenters. The first-order chi connectivity index (χ1) is 8.13. The number of piperidine rings is 1. The molecule has 6 nitrogen and oxygen atoms in total. The zero-order chi connectivity index (χ0) is 12.7. The molecule has 0 aromatic rings. The number of aliphatic hydroxyl groups is 1. The number of aliphatic hydroxyl groups excluding tert-OH is 1. The van der Waals surface area contributed by atoms with Crippen LogP contribution in [0.4, 0.5) is 0 Å². The van der Waals surface area contributed by atoms with Gasteiger partial charge in [-0.15, -0.1) is 11.8 Å². The fraction of sp³-hybridized carbons (Fsp3) is 0.800. The van der Waals surface area contributed by atoms with Crippen molar-refractivity contribution >= 4 is 23.6 Å². The minimum Gasteiger partial charge on any atom is -0.480 e. The van der Waals surface area contributed by atoms with E-state index in [9.17, 15) is 9.59 Å². The minimum absolute atomic E-state index is 0.244. The van der Waals surface area contributed by atoms with E-state index in [4.69, 9.17) is 10.2 Å². The molecule has 1 aliphatic heterocycles. The normalized spacial score (nSPS) is 18.6. The monoisotopic (exact) mass is 262 g/mol. The summed E-state index contributed by atoms with van der Waals surface area (Å²) < 4.78 is 0. The number of carbonyl (C=O) groups is 2. The number of amides is 1. The molecule has 1 heterocycles. The van der Waals surface area contributed by atoms with Crippen LogP contribution in [0.2, 0.25) is 0 Å². The van der Waals surface area contributed by atoms with E-state index in [1.54, 1.807) is 11.8 Å². The van der Waals surface area contributed by atoms with Gasteiger partial charge in [0.25, 0.3) is 0 Å². The molecule has 1 aliphatic rings. The summed E-state index contributed by atoms with van der Waals surface area (Å²) in [6.07, 6.45) is 2.06. The summed E-state index contributed by atoms with van der Waals surface area (Å²) in [5.74, 6) is -1.31.